The van der Waals surface area contributed by atoms with Crippen molar-refractivity contribution in [3.05, 3.63) is 52.0 Å². The summed E-state index contributed by atoms with van der Waals surface area (Å²) in [7, 11) is 0. The number of benzene rings is 1. The lowest BCUT2D eigenvalue weighted by molar-refractivity contribution is 0.634. The van der Waals surface area contributed by atoms with Crippen molar-refractivity contribution >= 4 is 11.3 Å². The van der Waals surface area contributed by atoms with E-state index >= 15 is 0 Å². The molecule has 17 heavy (non-hydrogen) atoms. The van der Waals surface area contributed by atoms with Crippen molar-refractivity contribution < 1.29 is 0 Å². The van der Waals surface area contributed by atoms with Gasteiger partial charge in [0.15, 0.2) is 0 Å². The Morgan fingerprint density at radius 3 is 2.24 bits per heavy atom. The third-order valence-electron chi connectivity index (χ3n) is 3.27. The number of nitrogens with zero attached hydrogens (tertiary/aromatic N) is 1. The molecule has 0 saturated carbocycles. The first-order valence-corrected chi connectivity index (χ1v) is 6.90. The fraction of sp³-hybridized carbons (Fsp3) is 0.400. The number of hydrogen-bond donors (Lipinski definition) is 0. The molecule has 0 aliphatic rings. The van der Waals surface area contributed by atoms with Gasteiger partial charge in [0, 0.05) is 17.0 Å². The van der Waals surface area contributed by atoms with Crippen LogP contribution in [0.4, 0.5) is 0 Å². The molecule has 0 bridgehead atoms. The van der Waals surface area contributed by atoms with Crippen molar-refractivity contribution in [2.24, 2.45) is 0 Å². The Kier molecular flexibility index (Phi) is 3.34. The smallest absolute Gasteiger partial charge is 0.102 e. The molecule has 0 atom stereocenters. The van der Waals surface area contributed by atoms with Gasteiger partial charge in [0.1, 0.15) is 5.01 Å². The highest BCUT2D eigenvalue weighted by atomic mass is 32.1. The molecule has 0 aliphatic carbocycles. The van der Waals surface area contributed by atoms with Crippen molar-refractivity contribution in [1.82, 2.24) is 4.98 Å². The van der Waals surface area contributed by atoms with E-state index in [4.69, 9.17) is 0 Å². The zero-order chi connectivity index (χ0) is 12.5. The molecule has 1 aromatic carbocycles. The van der Waals surface area contributed by atoms with Crippen molar-refractivity contribution in [3.63, 3.8) is 0 Å². The third-order valence-corrected chi connectivity index (χ3v) is 4.36. The van der Waals surface area contributed by atoms with Gasteiger partial charge in [0.05, 0.1) is 0 Å². The molecular weight excluding hydrogens is 226 g/mol. The van der Waals surface area contributed by atoms with Crippen LogP contribution in [0.5, 0.6) is 0 Å². The van der Waals surface area contributed by atoms with Gasteiger partial charge >= 0.3 is 0 Å². The van der Waals surface area contributed by atoms with Crippen LogP contribution in [0.2, 0.25) is 0 Å². The van der Waals surface area contributed by atoms with Crippen molar-refractivity contribution in [2.45, 2.75) is 39.0 Å². The second-order valence-corrected chi connectivity index (χ2v) is 6.13. The minimum absolute atomic E-state index is 0.00365. The zero-order valence-corrected chi connectivity index (χ0v) is 11.7. The van der Waals surface area contributed by atoms with Gasteiger partial charge < -0.3 is 0 Å². The second kappa shape index (κ2) is 4.61. The molecule has 90 valence electrons. The first kappa shape index (κ1) is 12.3. The SMILES string of the molecule is CC(C)c1ccc(C(C)(C)c2nccs2)cc1. The molecule has 2 rings (SSSR count). The molecule has 0 amide bonds. The maximum atomic E-state index is 4.44. The highest BCUT2D eigenvalue weighted by Gasteiger charge is 2.25. The lowest BCUT2D eigenvalue weighted by atomic mass is 9.84. The number of rotatable bonds is 3. The van der Waals surface area contributed by atoms with E-state index in [1.165, 1.54) is 16.1 Å². The number of hydrogen-bond acceptors (Lipinski definition) is 2. The van der Waals surface area contributed by atoms with Crippen LogP contribution in [-0.4, -0.2) is 4.98 Å². The molecule has 0 fully saturated rings. The molecule has 0 spiro atoms. The van der Waals surface area contributed by atoms with Gasteiger partial charge in [-0.15, -0.1) is 11.3 Å². The van der Waals surface area contributed by atoms with Gasteiger partial charge in [-0.25, -0.2) is 4.98 Å². The molecule has 2 aromatic rings. The van der Waals surface area contributed by atoms with E-state index < -0.39 is 0 Å². The van der Waals surface area contributed by atoms with E-state index in [1.807, 2.05) is 11.6 Å². The summed E-state index contributed by atoms with van der Waals surface area (Å²) in [4.78, 5) is 4.44. The zero-order valence-electron chi connectivity index (χ0n) is 10.9. The van der Waals surface area contributed by atoms with Crippen LogP contribution in [0.3, 0.4) is 0 Å². The lowest BCUT2D eigenvalue weighted by Crippen LogP contribution is -2.18. The summed E-state index contributed by atoms with van der Waals surface area (Å²) in [6.45, 7) is 8.91. The molecule has 0 aliphatic heterocycles. The summed E-state index contributed by atoms with van der Waals surface area (Å²) in [5.74, 6) is 0.590. The fourth-order valence-corrected chi connectivity index (χ4v) is 2.73. The molecule has 0 radical (unpaired) electrons. The molecule has 2 heteroatoms. The van der Waals surface area contributed by atoms with E-state index in [2.05, 4.69) is 56.9 Å². The third kappa shape index (κ3) is 2.42. The van der Waals surface area contributed by atoms with Crippen molar-refractivity contribution in [2.75, 3.05) is 0 Å². The maximum Gasteiger partial charge on any atom is 0.102 e. The Labute approximate surface area is 108 Å². The standard InChI is InChI=1S/C15H19NS/c1-11(2)12-5-7-13(8-6-12)15(3,4)14-16-9-10-17-14/h5-11H,1-4H3. The van der Waals surface area contributed by atoms with Gasteiger partial charge in [-0.05, 0) is 30.9 Å². The van der Waals surface area contributed by atoms with Crippen LogP contribution in [0.25, 0.3) is 0 Å². The van der Waals surface area contributed by atoms with Crippen LogP contribution in [0.1, 0.15) is 49.7 Å². The Balaban J connectivity index is 2.34. The summed E-state index contributed by atoms with van der Waals surface area (Å²) in [5, 5.41) is 3.22. The van der Waals surface area contributed by atoms with E-state index in [0.29, 0.717) is 5.92 Å². The monoisotopic (exact) mass is 245 g/mol. The number of thiazole rings is 1. The Bertz CT molecular complexity index is 466. The maximum absolute atomic E-state index is 4.44. The summed E-state index contributed by atoms with van der Waals surface area (Å²) < 4.78 is 0. The van der Waals surface area contributed by atoms with Gasteiger partial charge in [0.2, 0.25) is 0 Å². The normalized spacial score (nSPS) is 12.1. The Hall–Kier alpha value is -1.15. The molecule has 1 heterocycles. The van der Waals surface area contributed by atoms with E-state index in [-0.39, 0.29) is 5.41 Å². The molecular formula is C15H19NS. The van der Waals surface area contributed by atoms with E-state index in [0.717, 1.165) is 0 Å². The van der Waals surface area contributed by atoms with Crippen LogP contribution in [0.15, 0.2) is 35.8 Å². The average molecular weight is 245 g/mol. The number of aromatic nitrogens is 1. The van der Waals surface area contributed by atoms with Crippen molar-refractivity contribution in [3.8, 4) is 0 Å². The van der Waals surface area contributed by atoms with Gasteiger partial charge in [-0.3, -0.25) is 0 Å². The van der Waals surface area contributed by atoms with E-state index in [9.17, 15) is 0 Å². The van der Waals surface area contributed by atoms with Gasteiger partial charge in [0.25, 0.3) is 0 Å². The first-order valence-electron chi connectivity index (χ1n) is 6.02. The van der Waals surface area contributed by atoms with Crippen LogP contribution in [0, 0.1) is 0 Å². The molecule has 1 aromatic heterocycles. The quantitative estimate of drug-likeness (QED) is 0.770. The molecule has 0 unspecified atom stereocenters. The van der Waals surface area contributed by atoms with Gasteiger partial charge in [-0.1, -0.05) is 38.1 Å². The minimum atomic E-state index is 0.00365. The first-order chi connectivity index (χ1) is 8.01. The van der Waals surface area contributed by atoms with Crippen LogP contribution < -0.4 is 0 Å². The largest absolute Gasteiger partial charge is 0.249 e. The highest BCUT2D eigenvalue weighted by molar-refractivity contribution is 7.09. The lowest BCUT2D eigenvalue weighted by Gasteiger charge is -2.23. The highest BCUT2D eigenvalue weighted by Crippen LogP contribution is 2.33. The summed E-state index contributed by atoms with van der Waals surface area (Å²) in [6.07, 6.45) is 1.88. The average Bonchev–Trinajstić information content (AvgIpc) is 2.83. The van der Waals surface area contributed by atoms with Gasteiger partial charge in [-0.2, -0.15) is 0 Å². The predicted octanol–water partition coefficient (Wildman–Crippen LogP) is 4.59. The predicted molar refractivity (Wildman–Crippen MR) is 74.8 cm³/mol. The second-order valence-electron chi connectivity index (χ2n) is 5.24. The summed E-state index contributed by atoms with van der Waals surface area (Å²) >= 11 is 1.72. The molecule has 0 saturated heterocycles. The minimum Gasteiger partial charge on any atom is -0.249 e. The Morgan fingerprint density at radius 1 is 1.12 bits per heavy atom. The summed E-state index contributed by atoms with van der Waals surface area (Å²) in [6, 6.07) is 8.93. The summed E-state index contributed by atoms with van der Waals surface area (Å²) in [5.41, 5.74) is 2.73. The molecule has 1 nitrogen and oxygen atoms in total. The topological polar surface area (TPSA) is 12.9 Å². The van der Waals surface area contributed by atoms with E-state index in [1.54, 1.807) is 11.3 Å². The van der Waals surface area contributed by atoms with Crippen LogP contribution in [-0.2, 0) is 5.41 Å². The van der Waals surface area contributed by atoms with Crippen molar-refractivity contribution in [1.29, 1.82) is 0 Å². The molecule has 0 N–H and O–H groups in total. The van der Waals surface area contributed by atoms with Crippen LogP contribution >= 0.6 is 11.3 Å². The Morgan fingerprint density at radius 2 is 1.76 bits per heavy atom. The fourth-order valence-electron chi connectivity index (χ4n) is 1.94.